The standard InChI is InChI=1S/C7H7NS.C2H6/c8-7(9)6-4-2-1-3-5-6;1-2/h1-5H,(H2,8,9);1-2H3. The molecule has 1 nitrogen and oxygen atoms in total. The smallest absolute Gasteiger partial charge is 0.103 e. The Morgan fingerprint density at radius 2 is 1.64 bits per heavy atom. The molecule has 1 aromatic carbocycles. The SMILES string of the molecule is CC.NC(=S)c1ccccc1. The summed E-state index contributed by atoms with van der Waals surface area (Å²) in [6.07, 6.45) is 0. The van der Waals surface area contributed by atoms with E-state index in [0.29, 0.717) is 4.99 Å². The van der Waals surface area contributed by atoms with Crippen LogP contribution in [-0.2, 0) is 0 Å². The molecule has 0 aromatic heterocycles. The van der Waals surface area contributed by atoms with Gasteiger partial charge in [-0.2, -0.15) is 0 Å². The zero-order valence-corrected chi connectivity index (χ0v) is 7.69. The molecule has 0 unspecified atom stereocenters. The fourth-order valence-corrected chi connectivity index (χ4v) is 0.739. The van der Waals surface area contributed by atoms with Gasteiger partial charge in [-0.1, -0.05) is 56.4 Å². The lowest BCUT2D eigenvalue weighted by Crippen LogP contribution is -2.08. The van der Waals surface area contributed by atoms with Crippen LogP contribution in [0.5, 0.6) is 0 Å². The van der Waals surface area contributed by atoms with Gasteiger partial charge in [0.05, 0.1) is 0 Å². The molecule has 0 aliphatic carbocycles. The number of hydrogen-bond donors (Lipinski definition) is 1. The summed E-state index contributed by atoms with van der Waals surface area (Å²) in [5.74, 6) is 0. The lowest BCUT2D eigenvalue weighted by molar-refractivity contribution is 1.50. The molecule has 0 saturated carbocycles. The van der Waals surface area contributed by atoms with Crippen molar-refractivity contribution in [2.75, 3.05) is 0 Å². The van der Waals surface area contributed by atoms with Gasteiger partial charge in [-0.3, -0.25) is 0 Å². The van der Waals surface area contributed by atoms with Crippen molar-refractivity contribution in [1.82, 2.24) is 0 Å². The average molecular weight is 167 g/mol. The molecule has 1 aromatic rings. The Labute approximate surface area is 73.2 Å². The van der Waals surface area contributed by atoms with Crippen molar-refractivity contribution in [2.45, 2.75) is 13.8 Å². The largest absolute Gasteiger partial charge is 0.389 e. The summed E-state index contributed by atoms with van der Waals surface area (Å²) >= 11 is 4.74. The van der Waals surface area contributed by atoms with Gasteiger partial charge in [0.15, 0.2) is 0 Å². The number of rotatable bonds is 1. The van der Waals surface area contributed by atoms with Gasteiger partial charge < -0.3 is 5.73 Å². The lowest BCUT2D eigenvalue weighted by atomic mass is 10.2. The van der Waals surface area contributed by atoms with E-state index in [0.717, 1.165) is 5.56 Å². The molecule has 0 aliphatic rings. The predicted molar refractivity (Wildman–Crippen MR) is 53.7 cm³/mol. The highest BCUT2D eigenvalue weighted by molar-refractivity contribution is 7.80. The maximum atomic E-state index is 5.35. The number of benzene rings is 1. The van der Waals surface area contributed by atoms with Crippen LogP contribution in [0.3, 0.4) is 0 Å². The Bertz CT molecular complexity index is 206. The molecular formula is C9H13NS. The van der Waals surface area contributed by atoms with Gasteiger partial charge in [-0.15, -0.1) is 0 Å². The summed E-state index contributed by atoms with van der Waals surface area (Å²) < 4.78 is 0. The maximum absolute atomic E-state index is 5.35. The van der Waals surface area contributed by atoms with Crippen LogP contribution in [0.1, 0.15) is 19.4 Å². The fourth-order valence-electron chi connectivity index (χ4n) is 0.602. The summed E-state index contributed by atoms with van der Waals surface area (Å²) in [6.45, 7) is 4.00. The molecule has 0 heterocycles. The molecule has 0 fully saturated rings. The number of hydrogen-bond acceptors (Lipinski definition) is 1. The first-order chi connectivity index (χ1) is 5.30. The van der Waals surface area contributed by atoms with E-state index in [1.54, 1.807) is 0 Å². The summed E-state index contributed by atoms with van der Waals surface area (Å²) in [7, 11) is 0. The summed E-state index contributed by atoms with van der Waals surface area (Å²) in [4.78, 5) is 0.454. The zero-order chi connectivity index (χ0) is 8.69. The van der Waals surface area contributed by atoms with Crippen molar-refractivity contribution < 1.29 is 0 Å². The van der Waals surface area contributed by atoms with Gasteiger partial charge >= 0.3 is 0 Å². The molecule has 0 radical (unpaired) electrons. The second-order valence-electron chi connectivity index (χ2n) is 1.73. The van der Waals surface area contributed by atoms with E-state index in [1.165, 1.54) is 0 Å². The molecule has 0 amide bonds. The molecule has 0 aliphatic heterocycles. The van der Waals surface area contributed by atoms with Gasteiger partial charge in [0.2, 0.25) is 0 Å². The van der Waals surface area contributed by atoms with Crippen LogP contribution < -0.4 is 5.73 Å². The number of nitrogens with two attached hydrogens (primary N) is 1. The average Bonchev–Trinajstić information content (AvgIpc) is 2.10. The number of thiocarbonyl (C=S) groups is 1. The van der Waals surface area contributed by atoms with Gasteiger partial charge in [0, 0.05) is 5.56 Å². The van der Waals surface area contributed by atoms with Crippen LogP contribution in [0.15, 0.2) is 30.3 Å². The summed E-state index contributed by atoms with van der Waals surface area (Å²) in [5, 5.41) is 0. The molecule has 60 valence electrons. The molecule has 2 N–H and O–H groups in total. The second kappa shape index (κ2) is 5.86. The highest BCUT2D eigenvalue weighted by Gasteiger charge is 1.89. The normalized spacial score (nSPS) is 7.82. The van der Waals surface area contributed by atoms with E-state index in [-0.39, 0.29) is 0 Å². The van der Waals surface area contributed by atoms with Gasteiger partial charge in [-0.25, -0.2) is 0 Å². The van der Waals surface area contributed by atoms with Crippen molar-refractivity contribution in [3.05, 3.63) is 35.9 Å². The third kappa shape index (κ3) is 3.73. The van der Waals surface area contributed by atoms with E-state index in [2.05, 4.69) is 0 Å². The van der Waals surface area contributed by atoms with Crippen molar-refractivity contribution in [3.63, 3.8) is 0 Å². The minimum absolute atomic E-state index is 0.454. The van der Waals surface area contributed by atoms with Crippen LogP contribution in [0.4, 0.5) is 0 Å². The molecular weight excluding hydrogens is 154 g/mol. The lowest BCUT2D eigenvalue weighted by Gasteiger charge is -1.92. The Morgan fingerprint density at radius 3 is 1.91 bits per heavy atom. The van der Waals surface area contributed by atoms with Crippen molar-refractivity contribution in [2.24, 2.45) is 5.73 Å². The van der Waals surface area contributed by atoms with Crippen molar-refractivity contribution >= 4 is 17.2 Å². The topological polar surface area (TPSA) is 26.0 Å². The van der Waals surface area contributed by atoms with Crippen LogP contribution in [0.25, 0.3) is 0 Å². The van der Waals surface area contributed by atoms with Gasteiger partial charge in [0.1, 0.15) is 4.99 Å². The van der Waals surface area contributed by atoms with Crippen LogP contribution in [0, 0.1) is 0 Å². The van der Waals surface area contributed by atoms with Gasteiger partial charge in [-0.05, 0) is 0 Å². The molecule has 0 bridgehead atoms. The van der Waals surface area contributed by atoms with E-state index >= 15 is 0 Å². The van der Waals surface area contributed by atoms with Gasteiger partial charge in [0.25, 0.3) is 0 Å². The first-order valence-electron chi connectivity index (χ1n) is 3.65. The van der Waals surface area contributed by atoms with Crippen molar-refractivity contribution in [3.8, 4) is 0 Å². The molecule has 1 rings (SSSR count). The first-order valence-corrected chi connectivity index (χ1v) is 4.06. The van der Waals surface area contributed by atoms with E-state index in [4.69, 9.17) is 18.0 Å². The highest BCUT2D eigenvalue weighted by Crippen LogP contribution is 1.96. The van der Waals surface area contributed by atoms with E-state index < -0.39 is 0 Å². The molecule has 0 spiro atoms. The zero-order valence-electron chi connectivity index (χ0n) is 6.87. The van der Waals surface area contributed by atoms with E-state index in [1.807, 2.05) is 44.2 Å². The molecule has 2 heteroatoms. The maximum Gasteiger partial charge on any atom is 0.103 e. The molecule has 0 atom stereocenters. The summed E-state index contributed by atoms with van der Waals surface area (Å²) in [5.41, 5.74) is 6.27. The monoisotopic (exact) mass is 167 g/mol. The highest BCUT2D eigenvalue weighted by atomic mass is 32.1. The Hall–Kier alpha value is -0.890. The fraction of sp³-hybridized carbons (Fsp3) is 0.222. The third-order valence-corrected chi connectivity index (χ3v) is 1.29. The first kappa shape index (κ1) is 10.1. The Morgan fingerprint density at radius 1 is 1.18 bits per heavy atom. The molecule has 0 saturated heterocycles. The molecule has 11 heavy (non-hydrogen) atoms. The van der Waals surface area contributed by atoms with Crippen LogP contribution >= 0.6 is 12.2 Å². The minimum Gasteiger partial charge on any atom is -0.389 e. The van der Waals surface area contributed by atoms with Crippen LogP contribution in [0.2, 0.25) is 0 Å². The summed E-state index contributed by atoms with van der Waals surface area (Å²) in [6, 6.07) is 9.54. The third-order valence-electron chi connectivity index (χ3n) is 1.06. The Balaban J connectivity index is 0.000000461. The minimum atomic E-state index is 0.454. The predicted octanol–water partition coefficient (Wildman–Crippen LogP) is 2.35. The quantitative estimate of drug-likeness (QED) is 0.650. The van der Waals surface area contributed by atoms with E-state index in [9.17, 15) is 0 Å². The second-order valence-corrected chi connectivity index (χ2v) is 2.17. The van der Waals surface area contributed by atoms with Crippen molar-refractivity contribution in [1.29, 1.82) is 0 Å². The Kier molecular flexibility index (Phi) is 5.39. The van der Waals surface area contributed by atoms with Crippen LogP contribution in [-0.4, -0.2) is 4.99 Å².